The number of halogens is 1. The molecule has 18 nitrogen and oxygen atoms in total. The number of alkyl carbamates (subject to hydrolysis) is 1. The second-order valence-corrected chi connectivity index (χ2v) is 20.4. The van der Waals surface area contributed by atoms with E-state index < -0.39 is 76.8 Å². The maximum absolute atomic E-state index is 14.3. The molecule has 0 aromatic heterocycles. The SMILES string of the molecule is COc1cc2cc(c1Cl)N(C)C(=O)CC(OC(=O)C(C)N(C)C(=O)CCSC1CC(=O)N(CC3CCC(C(N)=O)CC3)C1=O)C1(C)OC1C(C)C1CC(O)(NC(=O)O1)C(OC)/C=C/C=C(\C)C2. The zero-order valence-electron chi connectivity index (χ0n) is 39.4. The molecule has 4 N–H and O–H groups in total. The maximum atomic E-state index is 14.3. The van der Waals surface area contributed by atoms with Crippen LogP contribution in [0.25, 0.3) is 0 Å². The van der Waals surface area contributed by atoms with Gasteiger partial charge in [-0.25, -0.2) is 9.59 Å². The van der Waals surface area contributed by atoms with E-state index in [-0.39, 0.29) is 66.0 Å². The van der Waals surface area contributed by atoms with Gasteiger partial charge in [-0.2, -0.15) is 0 Å². The number of hydrogen-bond donors (Lipinski definition) is 3. The minimum atomic E-state index is -1.87. The van der Waals surface area contributed by atoms with E-state index in [0.717, 1.165) is 11.1 Å². The number of carbonyl (C=O) groups is 7. The predicted octanol–water partition coefficient (Wildman–Crippen LogP) is 4.06. The number of ether oxygens (including phenoxy) is 5. The van der Waals surface area contributed by atoms with Crippen molar-refractivity contribution in [3.05, 3.63) is 46.5 Å². The molecule has 6 amide bonds. The van der Waals surface area contributed by atoms with Crippen LogP contribution >= 0.6 is 23.4 Å². The van der Waals surface area contributed by atoms with Gasteiger partial charge in [0, 0.05) is 64.6 Å². The fraction of sp³-hybridized carbons (Fsp3) is 0.638. The van der Waals surface area contributed by atoms with E-state index in [4.69, 9.17) is 41.0 Å². The van der Waals surface area contributed by atoms with Crippen LogP contribution in [0.5, 0.6) is 5.75 Å². The third-order valence-corrected chi connectivity index (χ3v) is 15.6. The van der Waals surface area contributed by atoms with E-state index in [9.17, 15) is 38.7 Å². The summed E-state index contributed by atoms with van der Waals surface area (Å²) in [6.45, 7) is 7.16. The molecule has 6 rings (SSSR count). The van der Waals surface area contributed by atoms with Crippen LogP contribution in [0, 0.1) is 17.8 Å². The summed E-state index contributed by atoms with van der Waals surface area (Å²) in [5.41, 5.74) is 4.31. The van der Waals surface area contributed by atoms with Crippen molar-refractivity contribution in [1.29, 1.82) is 0 Å². The summed E-state index contributed by atoms with van der Waals surface area (Å²) >= 11 is 8.02. The summed E-state index contributed by atoms with van der Waals surface area (Å²) in [4.78, 5) is 96.5. The van der Waals surface area contributed by atoms with Crippen LogP contribution in [0.2, 0.25) is 5.02 Å². The number of carbonyl (C=O) groups excluding carboxylic acids is 7. The van der Waals surface area contributed by atoms with Crippen LogP contribution in [0.1, 0.15) is 84.6 Å². The van der Waals surface area contributed by atoms with Gasteiger partial charge in [-0.3, -0.25) is 34.2 Å². The lowest BCUT2D eigenvalue weighted by molar-refractivity contribution is -0.162. The first kappa shape index (κ1) is 51.7. The predicted molar refractivity (Wildman–Crippen MR) is 248 cm³/mol. The van der Waals surface area contributed by atoms with Crippen LogP contribution in [0.15, 0.2) is 35.9 Å². The number of imide groups is 1. The number of esters is 1. The lowest BCUT2D eigenvalue weighted by atomic mass is 9.81. The van der Waals surface area contributed by atoms with E-state index in [1.54, 1.807) is 45.2 Å². The maximum Gasteiger partial charge on any atom is 0.409 e. The van der Waals surface area contributed by atoms with Gasteiger partial charge in [0.1, 0.15) is 40.7 Å². The molecule has 3 saturated heterocycles. The molecule has 1 aromatic carbocycles. The van der Waals surface area contributed by atoms with Gasteiger partial charge in [0.2, 0.25) is 29.5 Å². The Bertz CT molecular complexity index is 2170. The summed E-state index contributed by atoms with van der Waals surface area (Å²) in [6, 6.07) is 2.42. The number of nitrogens with two attached hydrogens (primary N) is 1. The molecular formula is C47H64ClN5O13S. The fourth-order valence-corrected chi connectivity index (χ4v) is 11.0. The average Bonchev–Trinajstić information content (AvgIpc) is 3.91. The highest BCUT2D eigenvalue weighted by Crippen LogP contribution is 2.49. The number of thioether (sulfide) groups is 1. The van der Waals surface area contributed by atoms with Crippen molar-refractivity contribution in [2.75, 3.05) is 45.5 Å². The summed E-state index contributed by atoms with van der Waals surface area (Å²) in [5, 5.41) is 13.9. The van der Waals surface area contributed by atoms with Gasteiger partial charge in [0.25, 0.3) is 0 Å². The smallest absolute Gasteiger partial charge is 0.409 e. The number of amides is 6. The number of likely N-dealkylation sites (tertiary alicyclic amines) is 1. The topological polar surface area (TPSA) is 237 Å². The highest BCUT2D eigenvalue weighted by Gasteiger charge is 2.64. The highest BCUT2D eigenvalue weighted by atomic mass is 35.5. The highest BCUT2D eigenvalue weighted by molar-refractivity contribution is 8.00. The standard InChI is InChI=1S/C47H64ClN5O13S/c1-25-10-9-11-35(63-8)47(61)23-33(64-45(60)50-47)26(2)41-46(4,66-41)36(22-38(55)52(6)31-19-29(18-25)20-32(62-7)40(31)48)65-44(59)27(3)51(5)37(54)16-17-67-34-21-39(56)53(43(34)58)24-28-12-14-30(15-13-28)42(49)57/h9-11,19-20,26-28,30,33-36,41,61H,12-18,21-24H2,1-8H3,(H2,49,57)(H,50,60)/b11-9+,25-10+. The van der Waals surface area contributed by atoms with Gasteiger partial charge in [0.15, 0.2) is 5.72 Å². The Kier molecular flexibility index (Phi) is 16.4. The molecule has 4 bridgehead atoms. The van der Waals surface area contributed by atoms with Crippen LogP contribution in [-0.4, -0.2) is 144 Å². The number of fused-ring (bicyclic) bond motifs is 5. The Morgan fingerprint density at radius 2 is 1.81 bits per heavy atom. The lowest BCUT2D eigenvalue weighted by Gasteiger charge is -2.42. The molecule has 67 heavy (non-hydrogen) atoms. The summed E-state index contributed by atoms with van der Waals surface area (Å²) in [6.07, 6.45) is 3.11. The number of nitrogens with one attached hydrogen (secondary N) is 1. The van der Waals surface area contributed by atoms with Crippen molar-refractivity contribution in [3.63, 3.8) is 0 Å². The molecular weight excluding hydrogens is 910 g/mol. The number of anilines is 1. The first-order valence-corrected chi connectivity index (χ1v) is 24.1. The Hall–Kier alpha value is -4.69. The lowest BCUT2D eigenvalue weighted by Crippen LogP contribution is -2.63. The number of epoxide rings is 1. The van der Waals surface area contributed by atoms with E-state index in [1.807, 2.05) is 13.0 Å². The zero-order valence-corrected chi connectivity index (χ0v) is 41.0. The van der Waals surface area contributed by atoms with E-state index >= 15 is 0 Å². The van der Waals surface area contributed by atoms with E-state index in [0.29, 0.717) is 50.1 Å². The molecule has 9 unspecified atom stereocenters. The molecule has 4 aliphatic heterocycles. The van der Waals surface area contributed by atoms with Crippen molar-refractivity contribution in [2.45, 2.75) is 133 Å². The summed E-state index contributed by atoms with van der Waals surface area (Å²) < 4.78 is 29.4. The Morgan fingerprint density at radius 3 is 2.46 bits per heavy atom. The van der Waals surface area contributed by atoms with Gasteiger partial charge in [-0.05, 0) is 76.5 Å². The monoisotopic (exact) mass is 973 g/mol. The number of primary amides is 1. The third kappa shape index (κ3) is 11.6. The first-order valence-electron chi connectivity index (χ1n) is 22.7. The number of methoxy groups -OCH3 is 2. The molecule has 368 valence electrons. The van der Waals surface area contributed by atoms with Crippen LogP contribution in [0.4, 0.5) is 10.5 Å². The largest absolute Gasteiger partial charge is 0.495 e. The number of allylic oxidation sites excluding steroid dienone is 3. The number of aliphatic hydroxyl groups is 1. The third-order valence-electron chi connectivity index (χ3n) is 14.1. The van der Waals surface area contributed by atoms with Gasteiger partial charge in [-0.1, -0.05) is 42.3 Å². The normalized spacial score (nSPS) is 33.1. The first-order chi connectivity index (χ1) is 31.6. The zero-order chi connectivity index (χ0) is 49.1. The van der Waals surface area contributed by atoms with Crippen LogP contribution < -0.4 is 20.7 Å². The molecule has 1 saturated carbocycles. The molecule has 20 heteroatoms. The van der Waals surface area contributed by atoms with Crippen LogP contribution in [0.3, 0.4) is 0 Å². The van der Waals surface area contributed by atoms with Gasteiger partial charge >= 0.3 is 12.1 Å². The number of benzene rings is 1. The number of nitrogens with zero attached hydrogens (tertiary/aromatic N) is 3. The number of rotatable bonds is 12. The average molecular weight is 975 g/mol. The van der Waals surface area contributed by atoms with Gasteiger partial charge in [0.05, 0.1) is 30.6 Å². The van der Waals surface area contributed by atoms with E-state index in [1.165, 1.54) is 54.7 Å². The molecule has 9 atom stereocenters. The molecule has 0 spiro atoms. The molecule has 1 aliphatic carbocycles. The fourth-order valence-electron chi connectivity index (χ4n) is 9.55. The molecule has 4 fully saturated rings. The van der Waals surface area contributed by atoms with Crippen molar-refractivity contribution in [3.8, 4) is 5.75 Å². The quantitative estimate of drug-likeness (QED) is 0.152. The molecule has 0 radical (unpaired) electrons. The van der Waals surface area contributed by atoms with Crippen molar-refractivity contribution < 1.29 is 62.4 Å². The molecule has 1 aromatic rings. The van der Waals surface area contributed by atoms with E-state index in [2.05, 4.69) is 5.32 Å². The number of likely N-dealkylation sites (N-methyl/N-ethyl adjacent to an activating group) is 1. The van der Waals surface area contributed by atoms with Crippen molar-refractivity contribution in [1.82, 2.24) is 15.1 Å². The number of hydrogen-bond acceptors (Lipinski definition) is 14. The van der Waals surface area contributed by atoms with Crippen molar-refractivity contribution >= 4 is 70.6 Å². The second kappa shape index (κ2) is 21.3. The van der Waals surface area contributed by atoms with Gasteiger partial charge in [-0.15, -0.1) is 11.8 Å². The Balaban J connectivity index is 1.16. The minimum absolute atomic E-state index is 0.0246. The van der Waals surface area contributed by atoms with Crippen molar-refractivity contribution in [2.24, 2.45) is 23.5 Å². The Morgan fingerprint density at radius 1 is 1.10 bits per heavy atom. The van der Waals surface area contributed by atoms with Gasteiger partial charge < -0.3 is 44.3 Å². The summed E-state index contributed by atoms with van der Waals surface area (Å²) in [5.74, 6) is -2.71. The second-order valence-electron chi connectivity index (χ2n) is 18.7. The molecule has 4 heterocycles. The minimum Gasteiger partial charge on any atom is -0.495 e. The summed E-state index contributed by atoms with van der Waals surface area (Å²) in [7, 11) is 5.89. The molecule has 5 aliphatic rings. The van der Waals surface area contributed by atoms with Crippen LogP contribution in [-0.2, 0) is 54.1 Å². The Labute approximate surface area is 400 Å².